The van der Waals surface area contributed by atoms with Gasteiger partial charge in [-0.25, -0.2) is 4.79 Å². The van der Waals surface area contributed by atoms with Crippen LogP contribution in [0.2, 0.25) is 0 Å². The third-order valence-electron chi connectivity index (χ3n) is 1.39. The molecular formula is C7H13IO3. The van der Waals surface area contributed by atoms with E-state index in [-0.39, 0.29) is 6.10 Å². The second-order valence-corrected chi connectivity index (χ2v) is 3.19. The van der Waals surface area contributed by atoms with Gasteiger partial charge in [-0.2, -0.15) is 0 Å². The molecule has 0 saturated carbocycles. The third kappa shape index (κ3) is 5.29. The summed E-state index contributed by atoms with van der Waals surface area (Å²) in [6.45, 7) is 5.82. The zero-order valence-electron chi connectivity index (χ0n) is 6.96. The van der Waals surface area contributed by atoms with Crippen molar-refractivity contribution < 1.29 is 14.3 Å². The maximum absolute atomic E-state index is 10.7. The first-order chi connectivity index (χ1) is 5.07. The van der Waals surface area contributed by atoms with Gasteiger partial charge in [-0.1, -0.05) is 13.8 Å². The van der Waals surface area contributed by atoms with Crippen molar-refractivity contribution in [2.75, 3.05) is 4.61 Å². The highest BCUT2D eigenvalue weighted by Crippen LogP contribution is 2.06. The third-order valence-corrected chi connectivity index (χ3v) is 1.70. The molecule has 0 N–H and O–H groups in total. The van der Waals surface area contributed by atoms with E-state index in [0.717, 1.165) is 0 Å². The number of hydrogen-bond acceptors (Lipinski definition) is 3. The fraction of sp³-hybridized carbons (Fsp3) is 0.857. The molecule has 0 spiro atoms. The van der Waals surface area contributed by atoms with Crippen LogP contribution in [0.25, 0.3) is 0 Å². The van der Waals surface area contributed by atoms with Gasteiger partial charge in [-0.15, -0.1) is 0 Å². The lowest BCUT2D eigenvalue weighted by molar-refractivity contribution is 0.0257. The molecule has 1 atom stereocenters. The Bertz CT molecular complexity index is 125. The molecule has 0 heterocycles. The van der Waals surface area contributed by atoms with Crippen LogP contribution in [0.3, 0.4) is 0 Å². The Labute approximate surface area is 80.6 Å². The number of alkyl halides is 1. The zero-order valence-corrected chi connectivity index (χ0v) is 9.12. The van der Waals surface area contributed by atoms with E-state index in [1.807, 2.05) is 43.4 Å². The topological polar surface area (TPSA) is 35.5 Å². The van der Waals surface area contributed by atoms with E-state index in [9.17, 15) is 4.79 Å². The molecule has 0 fully saturated rings. The van der Waals surface area contributed by atoms with Gasteiger partial charge < -0.3 is 9.47 Å². The van der Waals surface area contributed by atoms with E-state index >= 15 is 0 Å². The van der Waals surface area contributed by atoms with E-state index in [4.69, 9.17) is 4.74 Å². The predicted molar refractivity (Wildman–Crippen MR) is 50.8 cm³/mol. The van der Waals surface area contributed by atoms with E-state index in [1.165, 1.54) is 0 Å². The molecule has 0 aromatic rings. The van der Waals surface area contributed by atoms with Gasteiger partial charge in [-0.3, -0.25) is 0 Å². The van der Waals surface area contributed by atoms with Crippen molar-refractivity contribution in [3.05, 3.63) is 0 Å². The lowest BCUT2D eigenvalue weighted by atomic mass is 10.1. The number of halogens is 1. The molecule has 66 valence electrons. The molecule has 0 radical (unpaired) electrons. The van der Waals surface area contributed by atoms with Gasteiger partial charge in [0.2, 0.25) is 0 Å². The van der Waals surface area contributed by atoms with Crippen LogP contribution >= 0.6 is 22.6 Å². The van der Waals surface area contributed by atoms with Crippen molar-refractivity contribution >= 4 is 28.7 Å². The maximum Gasteiger partial charge on any atom is 0.509 e. The van der Waals surface area contributed by atoms with Crippen LogP contribution in [0.4, 0.5) is 4.79 Å². The minimum atomic E-state index is -0.583. The smallest absolute Gasteiger partial charge is 0.431 e. The first kappa shape index (κ1) is 11.0. The zero-order chi connectivity index (χ0) is 8.85. The van der Waals surface area contributed by atoms with Crippen LogP contribution in [-0.2, 0) is 9.47 Å². The van der Waals surface area contributed by atoms with Crippen molar-refractivity contribution in [1.29, 1.82) is 0 Å². The SMILES string of the molecule is CC(C)C(C)OC(=O)OCI. The summed E-state index contributed by atoms with van der Waals surface area (Å²) >= 11 is 1.94. The van der Waals surface area contributed by atoms with Gasteiger partial charge in [0.1, 0.15) is 10.7 Å². The van der Waals surface area contributed by atoms with Crippen molar-refractivity contribution in [2.24, 2.45) is 5.92 Å². The fourth-order valence-electron chi connectivity index (χ4n) is 0.366. The highest BCUT2D eigenvalue weighted by atomic mass is 127. The summed E-state index contributed by atoms with van der Waals surface area (Å²) in [6, 6.07) is 0. The largest absolute Gasteiger partial charge is 0.509 e. The van der Waals surface area contributed by atoms with Crippen molar-refractivity contribution in [3.63, 3.8) is 0 Å². The Balaban J connectivity index is 3.57. The van der Waals surface area contributed by atoms with E-state index < -0.39 is 6.16 Å². The van der Waals surface area contributed by atoms with Crippen LogP contribution in [-0.4, -0.2) is 16.9 Å². The molecule has 11 heavy (non-hydrogen) atoms. The molecule has 3 nitrogen and oxygen atoms in total. The summed E-state index contributed by atoms with van der Waals surface area (Å²) in [6.07, 6.45) is -0.661. The van der Waals surface area contributed by atoms with Gasteiger partial charge in [0.15, 0.2) is 0 Å². The molecule has 0 aliphatic carbocycles. The highest BCUT2D eigenvalue weighted by Gasteiger charge is 2.12. The standard InChI is InChI=1S/C7H13IO3/c1-5(2)6(3)11-7(9)10-4-8/h5-6H,4H2,1-3H3. The predicted octanol–water partition coefficient (Wildman–Crippen LogP) is 2.58. The first-order valence-corrected chi connectivity index (χ1v) is 4.99. The average molecular weight is 272 g/mol. The molecule has 0 bridgehead atoms. The number of hydrogen-bond donors (Lipinski definition) is 0. The van der Waals surface area contributed by atoms with Crippen molar-refractivity contribution in [2.45, 2.75) is 26.9 Å². The summed E-state index contributed by atoms with van der Waals surface area (Å²) in [5.41, 5.74) is 0. The highest BCUT2D eigenvalue weighted by molar-refractivity contribution is 14.1. The van der Waals surface area contributed by atoms with E-state index in [0.29, 0.717) is 10.5 Å². The minimum Gasteiger partial charge on any atom is -0.431 e. The Hall–Kier alpha value is 0. The molecule has 0 amide bonds. The summed E-state index contributed by atoms with van der Waals surface area (Å²) in [7, 11) is 0. The van der Waals surface area contributed by atoms with Crippen LogP contribution in [0.15, 0.2) is 0 Å². The Morgan fingerprint density at radius 2 is 2.00 bits per heavy atom. The molecule has 0 aromatic heterocycles. The Kier molecular flexibility index (Phi) is 5.62. The van der Waals surface area contributed by atoms with Gasteiger partial charge >= 0.3 is 6.16 Å². The van der Waals surface area contributed by atoms with Crippen molar-refractivity contribution in [3.8, 4) is 0 Å². The quantitative estimate of drug-likeness (QED) is 0.450. The molecule has 0 aliphatic rings. The molecule has 0 aromatic carbocycles. The molecule has 1 unspecified atom stereocenters. The van der Waals surface area contributed by atoms with Crippen LogP contribution < -0.4 is 0 Å². The second kappa shape index (κ2) is 5.62. The number of carbonyl (C=O) groups is 1. The molecule has 4 heteroatoms. The number of rotatable bonds is 3. The van der Waals surface area contributed by atoms with Gasteiger partial charge in [0, 0.05) is 0 Å². The summed E-state index contributed by atoms with van der Waals surface area (Å²) < 4.78 is 9.81. The molecular weight excluding hydrogens is 259 g/mol. The van der Waals surface area contributed by atoms with Gasteiger partial charge in [-0.05, 0) is 35.4 Å². The van der Waals surface area contributed by atoms with Crippen LogP contribution in [0.5, 0.6) is 0 Å². The average Bonchev–Trinajstić information content (AvgIpc) is 1.87. The Morgan fingerprint density at radius 3 is 2.36 bits per heavy atom. The number of carbonyl (C=O) groups excluding carboxylic acids is 1. The van der Waals surface area contributed by atoms with Crippen LogP contribution in [0, 0.1) is 5.92 Å². The second-order valence-electron chi connectivity index (χ2n) is 2.57. The molecule has 0 saturated heterocycles. The normalized spacial score (nSPS) is 12.8. The van der Waals surface area contributed by atoms with Crippen LogP contribution in [0.1, 0.15) is 20.8 Å². The first-order valence-electron chi connectivity index (χ1n) is 3.47. The maximum atomic E-state index is 10.7. The van der Waals surface area contributed by atoms with Gasteiger partial charge in [0.05, 0.1) is 0 Å². The monoisotopic (exact) mass is 272 g/mol. The molecule has 0 aliphatic heterocycles. The van der Waals surface area contributed by atoms with E-state index in [2.05, 4.69) is 4.74 Å². The van der Waals surface area contributed by atoms with E-state index in [1.54, 1.807) is 0 Å². The minimum absolute atomic E-state index is 0.0783. The van der Waals surface area contributed by atoms with Crippen molar-refractivity contribution in [1.82, 2.24) is 0 Å². The summed E-state index contributed by atoms with van der Waals surface area (Å²) in [5, 5.41) is 0. The lowest BCUT2D eigenvalue weighted by Crippen LogP contribution is -2.20. The number of ether oxygens (including phenoxy) is 2. The van der Waals surface area contributed by atoms with Gasteiger partial charge in [0.25, 0.3) is 0 Å². The Morgan fingerprint density at radius 1 is 1.45 bits per heavy atom. The lowest BCUT2D eigenvalue weighted by Gasteiger charge is -2.15. The summed E-state index contributed by atoms with van der Waals surface area (Å²) in [4.78, 5) is 10.7. The summed E-state index contributed by atoms with van der Waals surface area (Å²) in [5.74, 6) is 0.330. The fourth-order valence-corrected chi connectivity index (χ4v) is 0.621. The molecule has 0 rings (SSSR count).